The van der Waals surface area contributed by atoms with Gasteiger partial charge >= 0.3 is 6.18 Å². The molecule has 0 aliphatic carbocycles. The van der Waals surface area contributed by atoms with Crippen LogP contribution in [0.25, 0.3) is 0 Å². The first-order valence-corrected chi connectivity index (χ1v) is 10.1. The first kappa shape index (κ1) is 22.2. The van der Waals surface area contributed by atoms with E-state index in [0.29, 0.717) is 35.5 Å². The Labute approximate surface area is 178 Å². The molecule has 2 aromatic rings. The Morgan fingerprint density at radius 1 is 1.17 bits per heavy atom. The standard InChI is InChI=1S/C22H22ClF3N2O2/c1-14(16-4-2-6-18(12-16)22(24,25)26)27-20(29)17-5-3-11-28(13-17)21(30)15-7-9-19(23)10-8-15/h2,4,6-10,12,14,17H,3,5,11,13H2,1H3,(H,27,29)/t14-,17+/m0/s1. The predicted octanol–water partition coefficient (Wildman–Crippen LogP) is 5.09. The molecule has 1 fully saturated rings. The van der Waals surface area contributed by atoms with Gasteiger partial charge in [-0.25, -0.2) is 0 Å². The molecule has 2 aromatic carbocycles. The summed E-state index contributed by atoms with van der Waals surface area (Å²) in [6.07, 6.45) is -3.15. The highest BCUT2D eigenvalue weighted by Crippen LogP contribution is 2.31. The summed E-state index contributed by atoms with van der Waals surface area (Å²) < 4.78 is 38.8. The van der Waals surface area contributed by atoms with E-state index in [4.69, 9.17) is 11.6 Å². The molecular formula is C22H22ClF3N2O2. The molecule has 2 atom stereocenters. The maximum atomic E-state index is 12.9. The van der Waals surface area contributed by atoms with Crippen molar-refractivity contribution >= 4 is 23.4 Å². The zero-order valence-electron chi connectivity index (χ0n) is 16.4. The lowest BCUT2D eigenvalue weighted by atomic mass is 9.95. The van der Waals surface area contributed by atoms with Crippen molar-refractivity contribution in [2.24, 2.45) is 5.92 Å². The van der Waals surface area contributed by atoms with Crippen LogP contribution < -0.4 is 5.32 Å². The quantitative estimate of drug-likeness (QED) is 0.723. The second-order valence-corrected chi connectivity index (χ2v) is 7.89. The topological polar surface area (TPSA) is 49.4 Å². The van der Waals surface area contributed by atoms with E-state index in [1.165, 1.54) is 6.07 Å². The minimum atomic E-state index is -4.44. The molecule has 1 aliphatic rings. The molecule has 3 rings (SSSR count). The van der Waals surface area contributed by atoms with Crippen molar-refractivity contribution in [1.82, 2.24) is 10.2 Å². The fraction of sp³-hybridized carbons (Fsp3) is 0.364. The van der Waals surface area contributed by atoms with Crippen LogP contribution in [0, 0.1) is 5.92 Å². The van der Waals surface area contributed by atoms with E-state index < -0.39 is 23.7 Å². The molecule has 1 saturated heterocycles. The third-order valence-electron chi connectivity index (χ3n) is 5.24. The number of carbonyl (C=O) groups is 2. The van der Waals surface area contributed by atoms with Gasteiger partial charge in [0.25, 0.3) is 5.91 Å². The number of hydrogen-bond donors (Lipinski definition) is 1. The Kier molecular flexibility index (Phi) is 6.71. The number of carbonyl (C=O) groups excluding carboxylic acids is 2. The highest BCUT2D eigenvalue weighted by atomic mass is 35.5. The van der Waals surface area contributed by atoms with Crippen LogP contribution in [0.3, 0.4) is 0 Å². The zero-order chi connectivity index (χ0) is 21.9. The Bertz CT molecular complexity index is 915. The number of likely N-dealkylation sites (tertiary alicyclic amines) is 1. The molecule has 0 saturated carbocycles. The fourth-order valence-electron chi connectivity index (χ4n) is 3.55. The number of benzene rings is 2. The third kappa shape index (κ3) is 5.33. The molecule has 0 radical (unpaired) electrons. The Morgan fingerprint density at radius 3 is 2.53 bits per heavy atom. The maximum absolute atomic E-state index is 12.9. The molecule has 1 N–H and O–H groups in total. The third-order valence-corrected chi connectivity index (χ3v) is 5.50. The van der Waals surface area contributed by atoms with Gasteiger partial charge in [-0.05, 0) is 61.7 Å². The highest BCUT2D eigenvalue weighted by molar-refractivity contribution is 6.30. The summed E-state index contributed by atoms with van der Waals surface area (Å²) in [6.45, 7) is 2.46. The van der Waals surface area contributed by atoms with Crippen LogP contribution in [0.1, 0.15) is 47.3 Å². The van der Waals surface area contributed by atoms with E-state index >= 15 is 0 Å². The van der Waals surface area contributed by atoms with Gasteiger partial charge in [-0.2, -0.15) is 13.2 Å². The average molecular weight is 439 g/mol. The molecule has 30 heavy (non-hydrogen) atoms. The van der Waals surface area contributed by atoms with Crippen molar-refractivity contribution in [3.05, 3.63) is 70.2 Å². The van der Waals surface area contributed by atoms with Crippen molar-refractivity contribution in [1.29, 1.82) is 0 Å². The predicted molar refractivity (Wildman–Crippen MR) is 108 cm³/mol. The van der Waals surface area contributed by atoms with E-state index in [9.17, 15) is 22.8 Å². The Morgan fingerprint density at radius 2 is 1.87 bits per heavy atom. The smallest absolute Gasteiger partial charge is 0.349 e. The summed E-state index contributed by atoms with van der Waals surface area (Å²) in [6, 6.07) is 10.9. The number of rotatable bonds is 4. The summed E-state index contributed by atoms with van der Waals surface area (Å²) in [5, 5.41) is 3.32. The summed E-state index contributed by atoms with van der Waals surface area (Å²) in [5.74, 6) is -0.855. The molecule has 0 unspecified atom stereocenters. The van der Waals surface area contributed by atoms with Gasteiger partial charge in [0.2, 0.25) is 5.91 Å². The fourth-order valence-corrected chi connectivity index (χ4v) is 3.68. The van der Waals surface area contributed by atoms with Crippen LogP contribution in [0.15, 0.2) is 48.5 Å². The van der Waals surface area contributed by atoms with Gasteiger partial charge in [0.05, 0.1) is 17.5 Å². The number of piperidine rings is 1. The highest BCUT2D eigenvalue weighted by Gasteiger charge is 2.32. The van der Waals surface area contributed by atoms with Gasteiger partial charge in [0, 0.05) is 23.7 Å². The Balaban J connectivity index is 1.64. The molecule has 4 nitrogen and oxygen atoms in total. The normalized spacial score (nSPS) is 18.0. The van der Waals surface area contributed by atoms with Crippen LogP contribution in [-0.4, -0.2) is 29.8 Å². The number of hydrogen-bond acceptors (Lipinski definition) is 2. The molecule has 0 spiro atoms. The summed E-state index contributed by atoms with van der Waals surface area (Å²) in [7, 11) is 0. The summed E-state index contributed by atoms with van der Waals surface area (Å²) in [4.78, 5) is 27.1. The van der Waals surface area contributed by atoms with E-state index in [2.05, 4.69) is 5.32 Å². The minimum absolute atomic E-state index is 0.171. The maximum Gasteiger partial charge on any atom is 0.416 e. The van der Waals surface area contributed by atoms with Crippen LogP contribution in [-0.2, 0) is 11.0 Å². The largest absolute Gasteiger partial charge is 0.416 e. The second kappa shape index (κ2) is 9.08. The van der Waals surface area contributed by atoms with E-state index in [1.807, 2.05) is 0 Å². The van der Waals surface area contributed by atoms with Crippen molar-refractivity contribution in [3.8, 4) is 0 Å². The zero-order valence-corrected chi connectivity index (χ0v) is 17.1. The molecule has 0 aromatic heterocycles. The van der Waals surface area contributed by atoms with Gasteiger partial charge in [0.15, 0.2) is 0 Å². The van der Waals surface area contributed by atoms with Gasteiger partial charge in [0.1, 0.15) is 0 Å². The number of nitrogens with one attached hydrogen (secondary N) is 1. The molecule has 160 valence electrons. The van der Waals surface area contributed by atoms with Crippen molar-refractivity contribution in [2.45, 2.75) is 32.0 Å². The lowest BCUT2D eigenvalue weighted by molar-refractivity contribution is -0.137. The van der Waals surface area contributed by atoms with Crippen LogP contribution in [0.4, 0.5) is 13.2 Å². The van der Waals surface area contributed by atoms with E-state index in [0.717, 1.165) is 12.1 Å². The van der Waals surface area contributed by atoms with Gasteiger partial charge < -0.3 is 10.2 Å². The minimum Gasteiger partial charge on any atom is -0.349 e. The van der Waals surface area contributed by atoms with E-state index in [-0.39, 0.29) is 18.4 Å². The van der Waals surface area contributed by atoms with Crippen LogP contribution >= 0.6 is 11.6 Å². The van der Waals surface area contributed by atoms with E-state index in [1.54, 1.807) is 42.2 Å². The van der Waals surface area contributed by atoms with Gasteiger partial charge in [-0.15, -0.1) is 0 Å². The molecule has 1 aliphatic heterocycles. The average Bonchev–Trinajstić information content (AvgIpc) is 2.73. The molecule has 0 bridgehead atoms. The SMILES string of the molecule is C[C@H](NC(=O)[C@@H]1CCCN(C(=O)c2ccc(Cl)cc2)C1)c1cccc(C(F)(F)F)c1. The summed E-state index contributed by atoms with van der Waals surface area (Å²) in [5.41, 5.74) is 0.124. The lowest BCUT2D eigenvalue weighted by Gasteiger charge is -2.32. The first-order valence-electron chi connectivity index (χ1n) is 9.67. The number of alkyl halides is 3. The van der Waals surface area contributed by atoms with Gasteiger partial charge in [-0.1, -0.05) is 23.7 Å². The number of amides is 2. The molecule has 8 heteroatoms. The van der Waals surface area contributed by atoms with Crippen LogP contribution in [0.5, 0.6) is 0 Å². The molecule has 2 amide bonds. The van der Waals surface area contributed by atoms with Crippen molar-refractivity contribution in [2.75, 3.05) is 13.1 Å². The molecular weight excluding hydrogens is 417 g/mol. The lowest BCUT2D eigenvalue weighted by Crippen LogP contribution is -2.45. The summed E-state index contributed by atoms with van der Waals surface area (Å²) >= 11 is 5.86. The van der Waals surface area contributed by atoms with Crippen molar-refractivity contribution in [3.63, 3.8) is 0 Å². The monoisotopic (exact) mass is 438 g/mol. The second-order valence-electron chi connectivity index (χ2n) is 7.45. The Hall–Kier alpha value is -2.54. The van der Waals surface area contributed by atoms with Crippen molar-refractivity contribution < 1.29 is 22.8 Å². The molecule has 1 heterocycles. The number of halogens is 4. The first-order chi connectivity index (χ1) is 14.1. The van der Waals surface area contributed by atoms with Gasteiger partial charge in [-0.3, -0.25) is 9.59 Å². The van der Waals surface area contributed by atoms with Crippen LogP contribution in [0.2, 0.25) is 5.02 Å². The number of nitrogens with zero attached hydrogens (tertiary/aromatic N) is 1.